The molecule has 0 saturated carbocycles. The van der Waals surface area contributed by atoms with Crippen LogP contribution in [-0.2, 0) is 19.5 Å². The van der Waals surface area contributed by atoms with Crippen molar-refractivity contribution >= 4 is 17.1 Å². The van der Waals surface area contributed by atoms with Crippen molar-refractivity contribution in [1.29, 1.82) is 0 Å². The molecule has 3 aromatic heterocycles. The van der Waals surface area contributed by atoms with Gasteiger partial charge >= 0.3 is 0 Å². The van der Waals surface area contributed by atoms with Crippen LogP contribution in [0.3, 0.4) is 0 Å². The number of pyridine rings is 1. The quantitative estimate of drug-likeness (QED) is 0.784. The Bertz CT molecular complexity index is 725. The summed E-state index contributed by atoms with van der Waals surface area (Å²) in [4.78, 5) is 8.47. The fraction of sp³-hybridized carbons (Fsp3) is 0.357. The second-order valence-electron chi connectivity index (χ2n) is 4.80. The summed E-state index contributed by atoms with van der Waals surface area (Å²) in [5.41, 5.74) is 10.1. The van der Waals surface area contributed by atoms with Gasteiger partial charge in [-0.1, -0.05) is 0 Å². The third-order valence-corrected chi connectivity index (χ3v) is 3.50. The zero-order valence-corrected chi connectivity index (χ0v) is 11.7. The number of anilines is 1. The molecule has 0 amide bonds. The molecule has 0 aromatic carbocycles. The van der Waals surface area contributed by atoms with Crippen LogP contribution < -0.4 is 5.73 Å². The van der Waals surface area contributed by atoms with Crippen molar-refractivity contribution in [3.05, 3.63) is 35.8 Å². The number of fused-ring (bicyclic) bond motifs is 1. The van der Waals surface area contributed by atoms with Crippen LogP contribution in [0.15, 0.2) is 24.5 Å². The van der Waals surface area contributed by atoms with E-state index in [0.717, 1.165) is 36.4 Å². The summed E-state index contributed by atoms with van der Waals surface area (Å²) >= 11 is 0. The SMILES string of the molecule is CCn1nc(C)c2nc(N)n(CCc3ccncc3)c21. The molecular formula is C14H18N6. The lowest BCUT2D eigenvalue weighted by molar-refractivity contribution is 0.631. The van der Waals surface area contributed by atoms with Gasteiger partial charge in [-0.2, -0.15) is 5.10 Å². The lowest BCUT2D eigenvalue weighted by Gasteiger charge is -2.08. The van der Waals surface area contributed by atoms with E-state index in [9.17, 15) is 0 Å². The lowest BCUT2D eigenvalue weighted by Crippen LogP contribution is -2.10. The van der Waals surface area contributed by atoms with Crippen LogP contribution in [-0.4, -0.2) is 24.3 Å². The first-order valence-corrected chi connectivity index (χ1v) is 6.78. The maximum absolute atomic E-state index is 6.05. The minimum Gasteiger partial charge on any atom is -0.369 e. The average Bonchev–Trinajstić information content (AvgIpc) is 2.95. The lowest BCUT2D eigenvalue weighted by atomic mass is 10.2. The maximum Gasteiger partial charge on any atom is 0.202 e. The molecule has 0 aliphatic rings. The molecule has 0 aliphatic heterocycles. The van der Waals surface area contributed by atoms with Crippen molar-refractivity contribution in [1.82, 2.24) is 24.3 Å². The normalized spacial score (nSPS) is 11.3. The van der Waals surface area contributed by atoms with E-state index < -0.39 is 0 Å². The van der Waals surface area contributed by atoms with Crippen LogP contribution >= 0.6 is 0 Å². The summed E-state index contributed by atoms with van der Waals surface area (Å²) < 4.78 is 4.00. The zero-order valence-electron chi connectivity index (χ0n) is 11.7. The first-order chi connectivity index (χ1) is 9.70. The van der Waals surface area contributed by atoms with Crippen molar-refractivity contribution in [2.75, 3.05) is 5.73 Å². The van der Waals surface area contributed by atoms with Gasteiger partial charge in [-0.25, -0.2) is 9.67 Å². The molecule has 0 bridgehead atoms. The van der Waals surface area contributed by atoms with E-state index in [1.54, 1.807) is 0 Å². The molecule has 3 aromatic rings. The first-order valence-electron chi connectivity index (χ1n) is 6.78. The van der Waals surface area contributed by atoms with E-state index in [-0.39, 0.29) is 0 Å². The molecule has 104 valence electrons. The molecular weight excluding hydrogens is 252 g/mol. The van der Waals surface area contributed by atoms with Crippen molar-refractivity contribution in [3.63, 3.8) is 0 Å². The first kappa shape index (κ1) is 12.7. The van der Waals surface area contributed by atoms with Gasteiger partial charge in [0.05, 0.1) is 5.69 Å². The van der Waals surface area contributed by atoms with Crippen molar-refractivity contribution in [2.24, 2.45) is 0 Å². The smallest absolute Gasteiger partial charge is 0.202 e. The van der Waals surface area contributed by atoms with Crippen LogP contribution in [0.1, 0.15) is 18.2 Å². The van der Waals surface area contributed by atoms with Gasteiger partial charge in [-0.3, -0.25) is 9.55 Å². The average molecular weight is 270 g/mol. The number of aryl methyl sites for hydroxylation is 4. The highest BCUT2D eigenvalue weighted by Crippen LogP contribution is 2.21. The number of nitrogen functional groups attached to an aromatic ring is 1. The molecule has 0 radical (unpaired) electrons. The van der Waals surface area contributed by atoms with Gasteiger partial charge < -0.3 is 5.73 Å². The van der Waals surface area contributed by atoms with Gasteiger partial charge in [0.25, 0.3) is 0 Å². The highest BCUT2D eigenvalue weighted by Gasteiger charge is 2.16. The second kappa shape index (κ2) is 4.96. The van der Waals surface area contributed by atoms with Crippen molar-refractivity contribution in [2.45, 2.75) is 33.4 Å². The Morgan fingerprint density at radius 1 is 1.25 bits per heavy atom. The topological polar surface area (TPSA) is 74.6 Å². The van der Waals surface area contributed by atoms with Gasteiger partial charge in [-0.15, -0.1) is 0 Å². The minimum atomic E-state index is 0.553. The third kappa shape index (κ3) is 2.03. The Labute approximate surface area is 117 Å². The standard InChI is InChI=1S/C14H18N6/c1-3-20-13-12(10(2)18-20)17-14(15)19(13)9-6-11-4-7-16-8-5-11/h4-5,7-8H,3,6,9H2,1-2H3,(H2,15,17). The summed E-state index contributed by atoms with van der Waals surface area (Å²) in [6.45, 7) is 5.64. The maximum atomic E-state index is 6.05. The van der Waals surface area contributed by atoms with E-state index in [1.807, 2.05) is 40.7 Å². The number of aromatic nitrogens is 5. The molecule has 6 heteroatoms. The van der Waals surface area contributed by atoms with E-state index in [2.05, 4.69) is 22.0 Å². The van der Waals surface area contributed by atoms with Gasteiger partial charge in [0.1, 0.15) is 5.52 Å². The predicted octanol–water partition coefficient (Wildman–Crippen LogP) is 1.78. The Kier molecular flexibility index (Phi) is 3.14. The van der Waals surface area contributed by atoms with E-state index in [4.69, 9.17) is 5.73 Å². The molecule has 3 heterocycles. The van der Waals surface area contributed by atoms with Gasteiger partial charge in [-0.05, 0) is 38.0 Å². The third-order valence-electron chi connectivity index (χ3n) is 3.50. The molecule has 6 nitrogen and oxygen atoms in total. The van der Waals surface area contributed by atoms with Crippen LogP contribution in [0.4, 0.5) is 5.95 Å². The summed E-state index contributed by atoms with van der Waals surface area (Å²) in [6.07, 6.45) is 4.51. The number of imidazole rings is 1. The summed E-state index contributed by atoms with van der Waals surface area (Å²) in [6, 6.07) is 4.04. The largest absolute Gasteiger partial charge is 0.369 e. The number of nitrogens with zero attached hydrogens (tertiary/aromatic N) is 5. The Hall–Kier alpha value is -2.37. The summed E-state index contributed by atoms with van der Waals surface area (Å²) in [5.74, 6) is 0.553. The van der Waals surface area contributed by atoms with Crippen LogP contribution in [0.5, 0.6) is 0 Å². The van der Waals surface area contributed by atoms with E-state index in [1.165, 1.54) is 5.56 Å². The number of hydrogen-bond acceptors (Lipinski definition) is 4. The molecule has 3 rings (SSSR count). The zero-order chi connectivity index (χ0) is 14.1. The fourth-order valence-electron chi connectivity index (χ4n) is 2.47. The Morgan fingerprint density at radius 2 is 2.00 bits per heavy atom. The Balaban J connectivity index is 1.96. The molecule has 0 spiro atoms. The van der Waals surface area contributed by atoms with Crippen molar-refractivity contribution < 1.29 is 0 Å². The van der Waals surface area contributed by atoms with Crippen molar-refractivity contribution in [3.8, 4) is 0 Å². The van der Waals surface area contributed by atoms with Gasteiger partial charge in [0.2, 0.25) is 5.95 Å². The van der Waals surface area contributed by atoms with Crippen LogP contribution in [0.25, 0.3) is 11.2 Å². The molecule has 0 unspecified atom stereocenters. The summed E-state index contributed by atoms with van der Waals surface area (Å²) in [5, 5.41) is 4.49. The van der Waals surface area contributed by atoms with Crippen LogP contribution in [0.2, 0.25) is 0 Å². The number of rotatable bonds is 4. The van der Waals surface area contributed by atoms with Crippen LogP contribution in [0, 0.1) is 6.92 Å². The fourth-order valence-corrected chi connectivity index (χ4v) is 2.47. The highest BCUT2D eigenvalue weighted by molar-refractivity contribution is 5.77. The monoisotopic (exact) mass is 270 g/mol. The molecule has 0 aliphatic carbocycles. The van der Waals surface area contributed by atoms with Gasteiger partial charge in [0.15, 0.2) is 5.65 Å². The molecule has 2 N–H and O–H groups in total. The molecule has 0 fully saturated rings. The second-order valence-corrected chi connectivity index (χ2v) is 4.80. The van der Waals surface area contributed by atoms with E-state index in [0.29, 0.717) is 5.95 Å². The predicted molar refractivity (Wildman–Crippen MR) is 78.3 cm³/mol. The van der Waals surface area contributed by atoms with E-state index >= 15 is 0 Å². The number of nitrogens with two attached hydrogens (primary N) is 1. The van der Waals surface area contributed by atoms with Gasteiger partial charge in [0, 0.05) is 25.5 Å². The molecule has 0 saturated heterocycles. The Morgan fingerprint density at radius 3 is 2.70 bits per heavy atom. The number of hydrogen-bond donors (Lipinski definition) is 1. The molecule has 20 heavy (non-hydrogen) atoms. The summed E-state index contributed by atoms with van der Waals surface area (Å²) in [7, 11) is 0. The highest BCUT2D eigenvalue weighted by atomic mass is 15.4. The minimum absolute atomic E-state index is 0.553. The molecule has 0 atom stereocenters.